The summed E-state index contributed by atoms with van der Waals surface area (Å²) in [6, 6.07) is 0.119. The highest BCUT2D eigenvalue weighted by Gasteiger charge is 2.34. The van der Waals surface area contributed by atoms with Crippen LogP contribution >= 0.6 is 0 Å². The molecule has 0 aliphatic carbocycles. The maximum Gasteiger partial charge on any atom is 0.281 e. The van der Waals surface area contributed by atoms with E-state index in [4.69, 9.17) is 0 Å². The largest absolute Gasteiger partial charge is 0.353 e. The number of carbonyl (C=O) groups is 1. The van der Waals surface area contributed by atoms with Crippen molar-refractivity contribution in [1.29, 1.82) is 0 Å². The molecule has 0 saturated carbocycles. The number of hydrogen-bond acceptors (Lipinski definition) is 3. The van der Waals surface area contributed by atoms with E-state index in [1.807, 2.05) is 0 Å². The van der Waals surface area contributed by atoms with Crippen LogP contribution in [0.4, 0.5) is 0 Å². The summed E-state index contributed by atoms with van der Waals surface area (Å²) in [4.78, 5) is 12.5. The Morgan fingerprint density at radius 3 is 2.18 bits per heavy atom. The van der Waals surface area contributed by atoms with Gasteiger partial charge in [0.15, 0.2) is 0 Å². The Balaban J connectivity index is 2.75. The zero-order chi connectivity index (χ0) is 17.1. The van der Waals surface area contributed by atoms with Gasteiger partial charge in [-0.25, -0.2) is 0 Å². The van der Waals surface area contributed by atoms with Crippen LogP contribution < -0.4 is 5.32 Å². The molecule has 1 heterocycles. The SMILES string of the molecule is CC(C)C(NC(=O)C1CCCN(S(=O)(=O)N(C)C)C1)C(C)C. The van der Waals surface area contributed by atoms with Crippen LogP contribution in [0.2, 0.25) is 0 Å². The lowest BCUT2D eigenvalue weighted by Gasteiger charge is -2.34. The lowest BCUT2D eigenvalue weighted by molar-refractivity contribution is -0.127. The lowest BCUT2D eigenvalue weighted by atomic mass is 9.91. The van der Waals surface area contributed by atoms with E-state index in [2.05, 4.69) is 33.0 Å². The van der Waals surface area contributed by atoms with Crippen molar-refractivity contribution in [3.63, 3.8) is 0 Å². The molecule has 1 atom stereocenters. The van der Waals surface area contributed by atoms with E-state index in [0.717, 1.165) is 12.8 Å². The highest BCUT2D eigenvalue weighted by Crippen LogP contribution is 2.21. The summed E-state index contributed by atoms with van der Waals surface area (Å²) >= 11 is 0. The van der Waals surface area contributed by atoms with Crippen LogP contribution in [-0.2, 0) is 15.0 Å². The fourth-order valence-electron chi connectivity index (χ4n) is 2.98. The third kappa shape index (κ3) is 4.67. The van der Waals surface area contributed by atoms with E-state index < -0.39 is 10.2 Å². The van der Waals surface area contributed by atoms with Gasteiger partial charge in [-0.2, -0.15) is 17.0 Å². The number of rotatable bonds is 6. The average molecular weight is 333 g/mol. The predicted molar refractivity (Wildman–Crippen MR) is 88.5 cm³/mol. The van der Waals surface area contributed by atoms with Crippen molar-refractivity contribution in [3.8, 4) is 0 Å². The summed E-state index contributed by atoms with van der Waals surface area (Å²) in [5.74, 6) is 0.429. The molecule has 1 N–H and O–H groups in total. The molecule has 1 fully saturated rings. The highest BCUT2D eigenvalue weighted by molar-refractivity contribution is 7.86. The molecule has 1 unspecified atom stereocenters. The van der Waals surface area contributed by atoms with Crippen LogP contribution in [0.15, 0.2) is 0 Å². The third-order valence-corrected chi connectivity index (χ3v) is 6.20. The summed E-state index contributed by atoms with van der Waals surface area (Å²) in [7, 11) is -0.400. The van der Waals surface area contributed by atoms with Crippen molar-refractivity contribution in [2.45, 2.75) is 46.6 Å². The highest BCUT2D eigenvalue weighted by atomic mass is 32.2. The zero-order valence-corrected chi connectivity index (χ0v) is 15.5. The first-order chi connectivity index (χ1) is 10.1. The number of hydrogen-bond donors (Lipinski definition) is 1. The van der Waals surface area contributed by atoms with E-state index >= 15 is 0 Å². The summed E-state index contributed by atoms with van der Waals surface area (Å²) in [5, 5.41) is 3.11. The number of amides is 1. The fraction of sp³-hybridized carbons (Fsp3) is 0.933. The zero-order valence-electron chi connectivity index (χ0n) is 14.7. The summed E-state index contributed by atoms with van der Waals surface area (Å²) < 4.78 is 27.0. The first-order valence-corrected chi connectivity index (χ1v) is 9.45. The Morgan fingerprint density at radius 2 is 1.73 bits per heavy atom. The van der Waals surface area contributed by atoms with E-state index in [9.17, 15) is 13.2 Å². The molecule has 0 radical (unpaired) electrons. The van der Waals surface area contributed by atoms with Crippen LogP contribution in [0.25, 0.3) is 0 Å². The Morgan fingerprint density at radius 1 is 1.18 bits per heavy atom. The summed E-state index contributed by atoms with van der Waals surface area (Å²) in [6.07, 6.45) is 1.47. The van der Waals surface area contributed by atoms with Gasteiger partial charge in [0.25, 0.3) is 10.2 Å². The van der Waals surface area contributed by atoms with Gasteiger partial charge in [0.05, 0.1) is 5.92 Å². The molecule has 1 saturated heterocycles. The Labute approximate surface area is 135 Å². The van der Waals surface area contributed by atoms with E-state index in [1.165, 1.54) is 22.7 Å². The minimum absolute atomic E-state index is 0.0222. The molecule has 7 heteroatoms. The maximum absolute atomic E-state index is 12.5. The van der Waals surface area contributed by atoms with Gasteiger partial charge in [0.2, 0.25) is 5.91 Å². The monoisotopic (exact) mass is 333 g/mol. The molecule has 0 spiro atoms. The van der Waals surface area contributed by atoms with Crippen molar-refractivity contribution in [2.24, 2.45) is 17.8 Å². The Hall–Kier alpha value is -0.660. The van der Waals surface area contributed by atoms with E-state index in [-0.39, 0.29) is 24.4 Å². The second-order valence-electron chi connectivity index (χ2n) is 7.01. The van der Waals surface area contributed by atoms with Crippen molar-refractivity contribution in [1.82, 2.24) is 13.9 Å². The quantitative estimate of drug-likeness (QED) is 0.796. The molecule has 0 aromatic carbocycles. The third-order valence-electron chi connectivity index (χ3n) is 4.29. The molecular formula is C15H31N3O3S. The molecule has 0 aromatic rings. The van der Waals surface area contributed by atoms with Gasteiger partial charge in [-0.3, -0.25) is 4.79 Å². The second-order valence-corrected chi connectivity index (χ2v) is 9.15. The molecule has 22 heavy (non-hydrogen) atoms. The average Bonchev–Trinajstić information content (AvgIpc) is 2.43. The lowest BCUT2D eigenvalue weighted by Crippen LogP contribution is -2.51. The Bertz CT molecular complexity index is 466. The predicted octanol–water partition coefficient (Wildman–Crippen LogP) is 1.30. The molecule has 130 valence electrons. The molecule has 0 aromatic heterocycles. The van der Waals surface area contributed by atoms with Crippen molar-refractivity contribution in [2.75, 3.05) is 27.2 Å². The van der Waals surface area contributed by atoms with Crippen LogP contribution in [-0.4, -0.2) is 56.2 Å². The first kappa shape index (κ1) is 19.4. The van der Waals surface area contributed by atoms with Gasteiger partial charge in [0, 0.05) is 33.2 Å². The molecule has 0 bridgehead atoms. The number of carbonyl (C=O) groups excluding carboxylic acids is 1. The topological polar surface area (TPSA) is 69.7 Å². The van der Waals surface area contributed by atoms with E-state index in [1.54, 1.807) is 0 Å². The maximum atomic E-state index is 12.5. The first-order valence-electron chi connectivity index (χ1n) is 8.05. The second kappa shape index (κ2) is 7.75. The Kier molecular flexibility index (Phi) is 6.83. The normalized spacial score (nSPS) is 21.1. The summed E-state index contributed by atoms with van der Waals surface area (Å²) in [5.41, 5.74) is 0. The van der Waals surface area contributed by atoms with Crippen LogP contribution in [0.1, 0.15) is 40.5 Å². The molecule has 1 aliphatic heterocycles. The van der Waals surface area contributed by atoms with Gasteiger partial charge in [-0.1, -0.05) is 27.7 Å². The van der Waals surface area contributed by atoms with Gasteiger partial charge in [0.1, 0.15) is 0 Å². The van der Waals surface area contributed by atoms with Crippen molar-refractivity contribution >= 4 is 16.1 Å². The number of nitrogens with one attached hydrogen (secondary N) is 1. The van der Waals surface area contributed by atoms with Gasteiger partial charge >= 0.3 is 0 Å². The summed E-state index contributed by atoms with van der Waals surface area (Å²) in [6.45, 7) is 9.13. The molecule has 1 aliphatic rings. The van der Waals surface area contributed by atoms with Crippen LogP contribution in [0.3, 0.4) is 0 Å². The molecular weight excluding hydrogens is 302 g/mol. The number of piperidine rings is 1. The van der Waals surface area contributed by atoms with Crippen molar-refractivity contribution < 1.29 is 13.2 Å². The molecule has 6 nitrogen and oxygen atoms in total. The number of nitrogens with zero attached hydrogens (tertiary/aromatic N) is 2. The fourth-order valence-corrected chi connectivity index (χ4v) is 4.17. The minimum atomic E-state index is -3.44. The van der Waals surface area contributed by atoms with Crippen LogP contribution in [0, 0.1) is 17.8 Å². The molecule has 1 amide bonds. The van der Waals surface area contributed by atoms with Crippen LogP contribution in [0.5, 0.6) is 0 Å². The van der Waals surface area contributed by atoms with Gasteiger partial charge < -0.3 is 5.32 Å². The van der Waals surface area contributed by atoms with E-state index in [0.29, 0.717) is 18.4 Å². The smallest absolute Gasteiger partial charge is 0.281 e. The molecule has 1 rings (SSSR count). The van der Waals surface area contributed by atoms with Gasteiger partial charge in [-0.05, 0) is 24.7 Å². The van der Waals surface area contributed by atoms with Crippen molar-refractivity contribution in [3.05, 3.63) is 0 Å². The minimum Gasteiger partial charge on any atom is -0.353 e. The van der Waals surface area contributed by atoms with Gasteiger partial charge in [-0.15, -0.1) is 0 Å². The standard InChI is InChI=1S/C15H31N3O3S/c1-11(2)14(12(3)4)16-15(19)13-8-7-9-18(10-13)22(20,21)17(5)6/h11-14H,7-10H2,1-6H3,(H,16,19).